The Morgan fingerprint density at radius 3 is 1.95 bits per heavy atom. The van der Waals surface area contributed by atoms with E-state index in [2.05, 4.69) is 5.32 Å². The van der Waals surface area contributed by atoms with Gasteiger partial charge in [0.05, 0.1) is 24.2 Å². The highest BCUT2D eigenvalue weighted by Crippen LogP contribution is 2.15. The van der Waals surface area contributed by atoms with E-state index < -0.39 is 35.4 Å². The van der Waals surface area contributed by atoms with Gasteiger partial charge in [0, 0.05) is 0 Å². The van der Waals surface area contributed by atoms with Gasteiger partial charge in [-0.3, -0.25) is 4.79 Å². The zero-order valence-electron chi connectivity index (χ0n) is 13.4. The minimum Gasteiger partial charge on any atom is -0.481 e. The van der Waals surface area contributed by atoms with Crippen LogP contribution in [0, 0.1) is 0 Å². The highest BCUT2D eigenvalue weighted by Gasteiger charge is 2.28. The molecule has 2 atom stereocenters. The Labute approximate surface area is 120 Å². The van der Waals surface area contributed by atoms with Crippen molar-refractivity contribution < 1.29 is 24.2 Å². The molecule has 0 radical (unpaired) electrons. The van der Waals surface area contributed by atoms with Gasteiger partial charge in [-0.15, -0.1) is 0 Å². The molecule has 0 aliphatic heterocycles. The van der Waals surface area contributed by atoms with Gasteiger partial charge in [0.25, 0.3) is 0 Å². The number of alkyl carbamates (subject to hydrolysis) is 1. The number of carbonyl (C=O) groups excluding carboxylic acids is 1. The van der Waals surface area contributed by atoms with Crippen molar-refractivity contribution in [2.75, 3.05) is 0 Å². The van der Waals surface area contributed by atoms with Crippen molar-refractivity contribution in [1.29, 1.82) is 0 Å². The van der Waals surface area contributed by atoms with Gasteiger partial charge in [0.15, 0.2) is 0 Å². The molecule has 0 saturated carbocycles. The van der Waals surface area contributed by atoms with Crippen LogP contribution in [0.3, 0.4) is 0 Å². The molecule has 0 aromatic rings. The van der Waals surface area contributed by atoms with E-state index in [1.165, 1.54) is 0 Å². The highest BCUT2D eigenvalue weighted by molar-refractivity contribution is 5.71. The van der Waals surface area contributed by atoms with Crippen LogP contribution in [0.15, 0.2) is 0 Å². The van der Waals surface area contributed by atoms with Crippen LogP contribution in [-0.4, -0.2) is 40.5 Å². The third kappa shape index (κ3) is 9.61. The lowest BCUT2D eigenvalue weighted by molar-refractivity contribution is -0.139. The summed E-state index contributed by atoms with van der Waals surface area (Å²) in [6.07, 6.45) is -1.32. The van der Waals surface area contributed by atoms with E-state index >= 15 is 0 Å². The zero-order chi connectivity index (χ0) is 16.1. The van der Waals surface area contributed by atoms with Crippen LogP contribution in [0.2, 0.25) is 0 Å². The summed E-state index contributed by atoms with van der Waals surface area (Å²) in [5.74, 6) is -1.00. The Balaban J connectivity index is 4.72. The van der Waals surface area contributed by atoms with Gasteiger partial charge < -0.3 is 19.9 Å². The smallest absolute Gasteiger partial charge is 0.407 e. The summed E-state index contributed by atoms with van der Waals surface area (Å²) >= 11 is 0. The van der Waals surface area contributed by atoms with Crippen molar-refractivity contribution >= 4 is 12.1 Å². The lowest BCUT2D eigenvalue weighted by Crippen LogP contribution is -2.48. The Hall–Kier alpha value is -1.30. The molecule has 0 unspecified atom stereocenters. The summed E-state index contributed by atoms with van der Waals surface area (Å²) < 4.78 is 10.8. The molecule has 0 aromatic heterocycles. The highest BCUT2D eigenvalue weighted by atomic mass is 16.6. The zero-order valence-corrected chi connectivity index (χ0v) is 13.4. The Morgan fingerprint density at radius 1 is 1.10 bits per heavy atom. The van der Waals surface area contributed by atoms with E-state index in [1.807, 2.05) is 20.8 Å². The fourth-order valence-electron chi connectivity index (χ4n) is 1.62. The average Bonchev–Trinajstić information content (AvgIpc) is 2.09. The van der Waals surface area contributed by atoms with E-state index in [9.17, 15) is 9.59 Å². The number of amides is 1. The quantitative estimate of drug-likeness (QED) is 0.812. The van der Waals surface area contributed by atoms with Crippen molar-refractivity contribution in [3.63, 3.8) is 0 Å². The molecule has 0 aliphatic carbocycles. The van der Waals surface area contributed by atoms with Crippen molar-refractivity contribution in [2.24, 2.45) is 0 Å². The average molecular weight is 289 g/mol. The number of aliphatic carboxylic acids is 1. The molecule has 0 aromatic carbocycles. The number of carboxylic acids is 1. The molecule has 6 nitrogen and oxygen atoms in total. The Bertz CT molecular complexity index is 340. The third-order valence-corrected chi connectivity index (χ3v) is 2.20. The molecule has 2 N–H and O–H groups in total. The van der Waals surface area contributed by atoms with Crippen molar-refractivity contribution in [3.05, 3.63) is 0 Å². The fourth-order valence-corrected chi connectivity index (χ4v) is 1.62. The number of nitrogens with one attached hydrogen (secondary N) is 1. The number of carboxylic acid groups (broad SMARTS) is 1. The first-order valence-corrected chi connectivity index (χ1v) is 6.69. The predicted octanol–water partition coefficient (Wildman–Crippen LogP) is 2.56. The summed E-state index contributed by atoms with van der Waals surface area (Å²) in [6.45, 7) is 12.6. The second-order valence-electron chi connectivity index (χ2n) is 6.79. The second kappa shape index (κ2) is 6.92. The number of ether oxygens (including phenoxy) is 2. The maximum Gasteiger partial charge on any atom is 0.407 e. The molecule has 20 heavy (non-hydrogen) atoms. The summed E-state index contributed by atoms with van der Waals surface area (Å²) in [5, 5.41) is 11.5. The van der Waals surface area contributed by atoms with Gasteiger partial charge in [0.1, 0.15) is 5.60 Å². The minimum absolute atomic E-state index is 0.226. The second-order valence-corrected chi connectivity index (χ2v) is 6.79. The lowest BCUT2D eigenvalue weighted by Gasteiger charge is -2.31. The third-order valence-electron chi connectivity index (χ3n) is 2.20. The lowest BCUT2D eigenvalue weighted by atomic mass is 10.1. The van der Waals surface area contributed by atoms with Crippen LogP contribution < -0.4 is 5.32 Å². The molecule has 0 spiro atoms. The van der Waals surface area contributed by atoms with Gasteiger partial charge in [-0.1, -0.05) is 0 Å². The van der Waals surface area contributed by atoms with E-state index in [0.29, 0.717) is 0 Å². The first-order chi connectivity index (χ1) is 8.80. The van der Waals surface area contributed by atoms with Crippen LogP contribution in [0.4, 0.5) is 4.79 Å². The van der Waals surface area contributed by atoms with E-state index in [4.69, 9.17) is 14.6 Å². The maximum absolute atomic E-state index is 11.7. The van der Waals surface area contributed by atoms with Gasteiger partial charge in [0.2, 0.25) is 0 Å². The molecule has 0 bridgehead atoms. The molecule has 1 amide bonds. The predicted molar refractivity (Wildman–Crippen MR) is 75.7 cm³/mol. The molecular weight excluding hydrogens is 262 g/mol. The van der Waals surface area contributed by atoms with E-state index in [0.717, 1.165) is 0 Å². The summed E-state index contributed by atoms with van der Waals surface area (Å²) in [7, 11) is 0. The standard InChI is InChI=1S/C14H27NO5/c1-9(19-13(2,3)4)10(8-11(16)17)15-12(18)20-14(5,6)7/h9-10H,8H2,1-7H3,(H,15,18)(H,16,17)/t9-,10-/m0/s1. The fraction of sp³-hybridized carbons (Fsp3) is 0.857. The first-order valence-electron chi connectivity index (χ1n) is 6.69. The summed E-state index contributed by atoms with van der Waals surface area (Å²) in [6, 6.07) is -0.651. The van der Waals surface area contributed by atoms with E-state index in [-0.39, 0.29) is 6.42 Å². The van der Waals surface area contributed by atoms with Crippen molar-refractivity contribution in [2.45, 2.75) is 78.2 Å². The monoisotopic (exact) mass is 289 g/mol. The molecule has 0 saturated heterocycles. The Kier molecular flexibility index (Phi) is 6.47. The maximum atomic E-state index is 11.7. The summed E-state index contributed by atoms with van der Waals surface area (Å²) in [4.78, 5) is 22.6. The largest absolute Gasteiger partial charge is 0.481 e. The SMILES string of the molecule is C[C@H](OC(C)(C)C)[C@H](CC(=O)O)NC(=O)OC(C)(C)C. The topological polar surface area (TPSA) is 84.9 Å². The van der Waals surface area contributed by atoms with Gasteiger partial charge in [-0.05, 0) is 48.5 Å². The van der Waals surface area contributed by atoms with Crippen LogP contribution in [-0.2, 0) is 14.3 Å². The van der Waals surface area contributed by atoms with Crippen molar-refractivity contribution in [3.8, 4) is 0 Å². The molecule has 0 aliphatic rings. The number of hydrogen-bond donors (Lipinski definition) is 2. The van der Waals surface area contributed by atoms with Crippen LogP contribution >= 0.6 is 0 Å². The van der Waals surface area contributed by atoms with Gasteiger partial charge >= 0.3 is 12.1 Å². The van der Waals surface area contributed by atoms with Crippen molar-refractivity contribution in [1.82, 2.24) is 5.32 Å². The van der Waals surface area contributed by atoms with Crippen LogP contribution in [0.25, 0.3) is 0 Å². The summed E-state index contributed by atoms with van der Waals surface area (Å²) in [5.41, 5.74) is -1.06. The molecular formula is C14H27NO5. The number of carbonyl (C=O) groups is 2. The van der Waals surface area contributed by atoms with Crippen LogP contribution in [0.5, 0.6) is 0 Å². The number of rotatable bonds is 5. The molecule has 0 fully saturated rings. The van der Waals surface area contributed by atoms with Crippen LogP contribution in [0.1, 0.15) is 54.9 Å². The normalized spacial score (nSPS) is 15.3. The number of hydrogen-bond acceptors (Lipinski definition) is 4. The van der Waals surface area contributed by atoms with Gasteiger partial charge in [-0.25, -0.2) is 4.79 Å². The van der Waals surface area contributed by atoms with Gasteiger partial charge in [-0.2, -0.15) is 0 Å². The molecule has 0 rings (SSSR count). The minimum atomic E-state index is -1.00. The molecule has 118 valence electrons. The molecule has 0 heterocycles. The Morgan fingerprint density at radius 2 is 1.60 bits per heavy atom. The molecule has 6 heteroatoms. The van der Waals surface area contributed by atoms with E-state index in [1.54, 1.807) is 27.7 Å². The first kappa shape index (κ1) is 18.7.